The molecule has 1 aromatic rings. The van der Waals surface area contributed by atoms with Crippen molar-refractivity contribution in [2.75, 3.05) is 14.1 Å². The van der Waals surface area contributed by atoms with Crippen molar-refractivity contribution >= 4 is 10.0 Å². The predicted octanol–water partition coefficient (Wildman–Crippen LogP) is 2.81. The summed E-state index contributed by atoms with van der Waals surface area (Å²) in [7, 11) is 0.00832. The van der Waals surface area contributed by atoms with Crippen LogP contribution in [0.1, 0.15) is 36.5 Å². The van der Waals surface area contributed by atoms with E-state index in [0.29, 0.717) is 0 Å². The van der Waals surface area contributed by atoms with Gasteiger partial charge in [0.25, 0.3) is 0 Å². The molecule has 0 amide bonds. The molecule has 0 bridgehead atoms. The second-order valence-corrected chi connectivity index (χ2v) is 7.47. The third kappa shape index (κ3) is 2.59. The average Bonchev–Trinajstić information content (AvgIpc) is 2.83. The highest BCUT2D eigenvalue weighted by Crippen LogP contribution is 2.41. The molecular formula is C14H21NO2S. The molecule has 1 aliphatic carbocycles. The van der Waals surface area contributed by atoms with E-state index >= 15 is 0 Å². The number of benzene rings is 1. The molecule has 2 rings (SSSR count). The van der Waals surface area contributed by atoms with Crippen LogP contribution in [0.4, 0.5) is 0 Å². The van der Waals surface area contributed by atoms with Crippen LogP contribution in [-0.2, 0) is 10.0 Å². The Labute approximate surface area is 110 Å². The van der Waals surface area contributed by atoms with Gasteiger partial charge < -0.3 is 0 Å². The fraction of sp³-hybridized carbons (Fsp3) is 0.571. The van der Waals surface area contributed by atoms with Gasteiger partial charge in [-0.25, -0.2) is 12.7 Å². The summed E-state index contributed by atoms with van der Waals surface area (Å²) < 4.78 is 26.5. The predicted molar refractivity (Wildman–Crippen MR) is 73.7 cm³/mol. The lowest BCUT2D eigenvalue weighted by Crippen LogP contribution is -2.31. The highest BCUT2D eigenvalue weighted by molar-refractivity contribution is 7.89. The highest BCUT2D eigenvalue weighted by Gasteiger charge is 2.37. The summed E-state index contributed by atoms with van der Waals surface area (Å²) in [6.45, 7) is 0. The number of nitrogens with zero attached hydrogens (tertiary/aromatic N) is 1. The van der Waals surface area contributed by atoms with Crippen molar-refractivity contribution < 1.29 is 8.42 Å². The van der Waals surface area contributed by atoms with Crippen molar-refractivity contribution in [1.29, 1.82) is 0 Å². The lowest BCUT2D eigenvalue weighted by molar-refractivity contribution is 0.453. The number of hydrogen-bond donors (Lipinski definition) is 0. The zero-order valence-electron chi connectivity index (χ0n) is 11.0. The molecule has 0 saturated heterocycles. The Morgan fingerprint density at radius 3 is 2.17 bits per heavy atom. The molecule has 0 heterocycles. The van der Waals surface area contributed by atoms with Gasteiger partial charge in [-0.2, -0.15) is 0 Å². The molecule has 0 N–H and O–H groups in total. The topological polar surface area (TPSA) is 37.4 Å². The van der Waals surface area contributed by atoms with Crippen LogP contribution >= 0.6 is 0 Å². The SMILES string of the molecule is CN(C)S(=O)(=O)[C@H](c1ccccc1)C1CCCC1. The van der Waals surface area contributed by atoms with E-state index in [1.54, 1.807) is 14.1 Å². The summed E-state index contributed by atoms with van der Waals surface area (Å²) >= 11 is 0. The first-order valence-electron chi connectivity index (χ1n) is 6.50. The van der Waals surface area contributed by atoms with Crippen LogP contribution in [0.2, 0.25) is 0 Å². The van der Waals surface area contributed by atoms with Crippen molar-refractivity contribution in [2.45, 2.75) is 30.9 Å². The molecule has 18 heavy (non-hydrogen) atoms. The average molecular weight is 267 g/mol. The molecule has 1 fully saturated rings. The van der Waals surface area contributed by atoms with E-state index in [9.17, 15) is 8.42 Å². The van der Waals surface area contributed by atoms with Gasteiger partial charge in [0, 0.05) is 14.1 Å². The van der Waals surface area contributed by atoms with Crippen molar-refractivity contribution in [3.63, 3.8) is 0 Å². The van der Waals surface area contributed by atoms with Gasteiger partial charge in [0.15, 0.2) is 0 Å². The first-order valence-corrected chi connectivity index (χ1v) is 8.00. The molecule has 0 aliphatic heterocycles. The van der Waals surface area contributed by atoms with Gasteiger partial charge in [0.2, 0.25) is 10.0 Å². The molecular weight excluding hydrogens is 246 g/mol. The lowest BCUT2D eigenvalue weighted by atomic mass is 9.97. The van der Waals surface area contributed by atoms with E-state index in [1.165, 1.54) is 4.31 Å². The van der Waals surface area contributed by atoms with E-state index in [4.69, 9.17) is 0 Å². The molecule has 0 unspecified atom stereocenters. The van der Waals surface area contributed by atoms with E-state index in [0.717, 1.165) is 31.2 Å². The summed E-state index contributed by atoms with van der Waals surface area (Å²) in [4.78, 5) is 0. The summed E-state index contributed by atoms with van der Waals surface area (Å²) in [6.07, 6.45) is 4.34. The first kappa shape index (κ1) is 13.6. The van der Waals surface area contributed by atoms with Crippen molar-refractivity contribution in [1.82, 2.24) is 4.31 Å². The van der Waals surface area contributed by atoms with E-state index in [-0.39, 0.29) is 11.2 Å². The largest absolute Gasteiger partial charge is 0.220 e. The van der Waals surface area contributed by atoms with Crippen LogP contribution in [-0.4, -0.2) is 26.8 Å². The van der Waals surface area contributed by atoms with Gasteiger partial charge in [-0.05, 0) is 24.3 Å². The van der Waals surface area contributed by atoms with Crippen molar-refractivity contribution in [2.24, 2.45) is 5.92 Å². The van der Waals surface area contributed by atoms with Crippen LogP contribution in [0.3, 0.4) is 0 Å². The lowest BCUT2D eigenvalue weighted by Gasteiger charge is -2.27. The van der Waals surface area contributed by atoms with E-state index < -0.39 is 10.0 Å². The Morgan fingerprint density at radius 1 is 1.11 bits per heavy atom. The summed E-state index contributed by atoms with van der Waals surface area (Å²) in [5.74, 6) is 0.264. The molecule has 1 aromatic carbocycles. The summed E-state index contributed by atoms with van der Waals surface area (Å²) in [5.41, 5.74) is 0.929. The van der Waals surface area contributed by atoms with Crippen LogP contribution in [0.25, 0.3) is 0 Å². The molecule has 0 aromatic heterocycles. The van der Waals surface area contributed by atoms with Gasteiger partial charge in [0.05, 0.1) is 0 Å². The van der Waals surface area contributed by atoms with Crippen LogP contribution in [0, 0.1) is 5.92 Å². The third-order valence-corrected chi connectivity index (χ3v) is 6.10. The molecule has 1 aliphatic rings. The number of hydrogen-bond acceptors (Lipinski definition) is 2. The van der Waals surface area contributed by atoms with Crippen LogP contribution < -0.4 is 0 Å². The quantitative estimate of drug-likeness (QED) is 0.841. The Hall–Kier alpha value is -0.870. The number of sulfonamides is 1. The Morgan fingerprint density at radius 2 is 1.67 bits per heavy atom. The van der Waals surface area contributed by atoms with Gasteiger partial charge in [-0.1, -0.05) is 43.2 Å². The van der Waals surface area contributed by atoms with Crippen molar-refractivity contribution in [3.05, 3.63) is 35.9 Å². The van der Waals surface area contributed by atoms with Crippen molar-refractivity contribution in [3.8, 4) is 0 Å². The van der Waals surface area contributed by atoms with E-state index in [2.05, 4.69) is 0 Å². The fourth-order valence-electron chi connectivity index (χ4n) is 2.82. The van der Waals surface area contributed by atoms with Gasteiger partial charge in [-0.15, -0.1) is 0 Å². The number of rotatable bonds is 4. The smallest absolute Gasteiger partial charge is 0.212 e. The molecule has 0 radical (unpaired) electrons. The molecule has 3 nitrogen and oxygen atoms in total. The second-order valence-electron chi connectivity index (χ2n) is 5.20. The summed E-state index contributed by atoms with van der Waals surface area (Å²) in [5, 5.41) is -0.379. The molecule has 1 saturated carbocycles. The standard InChI is InChI=1S/C14H21NO2S/c1-15(2)18(16,17)14(13-10-6-7-11-13)12-8-4-3-5-9-12/h3-5,8-9,13-14H,6-7,10-11H2,1-2H3/t14-/m1/s1. The summed E-state index contributed by atoms with van der Waals surface area (Å²) in [6, 6.07) is 9.64. The van der Waals surface area contributed by atoms with Gasteiger partial charge in [0.1, 0.15) is 5.25 Å². The minimum absolute atomic E-state index is 0.264. The molecule has 0 spiro atoms. The Bertz CT molecular complexity index is 476. The fourth-order valence-corrected chi connectivity index (χ4v) is 4.53. The minimum atomic E-state index is -3.24. The highest BCUT2D eigenvalue weighted by atomic mass is 32.2. The normalized spacial score (nSPS) is 19.3. The maximum atomic E-state index is 12.5. The molecule has 4 heteroatoms. The maximum Gasteiger partial charge on any atom is 0.220 e. The Balaban J connectivity index is 2.41. The van der Waals surface area contributed by atoms with Gasteiger partial charge in [-0.3, -0.25) is 0 Å². The third-order valence-electron chi connectivity index (χ3n) is 3.79. The Kier molecular flexibility index (Phi) is 4.07. The molecule has 100 valence electrons. The maximum absolute atomic E-state index is 12.5. The first-order chi connectivity index (χ1) is 8.53. The zero-order chi connectivity index (χ0) is 13.2. The minimum Gasteiger partial charge on any atom is -0.212 e. The second kappa shape index (κ2) is 5.41. The van der Waals surface area contributed by atoms with Crippen LogP contribution in [0.15, 0.2) is 30.3 Å². The molecule has 1 atom stereocenters. The van der Waals surface area contributed by atoms with Gasteiger partial charge >= 0.3 is 0 Å². The zero-order valence-corrected chi connectivity index (χ0v) is 11.9. The monoisotopic (exact) mass is 267 g/mol. The van der Waals surface area contributed by atoms with E-state index in [1.807, 2.05) is 30.3 Å². The van der Waals surface area contributed by atoms with Crippen LogP contribution in [0.5, 0.6) is 0 Å².